The van der Waals surface area contributed by atoms with E-state index in [1.165, 1.54) is 26.0 Å². The maximum atomic E-state index is 13.8. The van der Waals surface area contributed by atoms with E-state index in [4.69, 9.17) is 16.3 Å². The Labute approximate surface area is 122 Å². The Bertz CT molecular complexity index is 649. The Morgan fingerprint density at radius 2 is 2.10 bits per heavy atom. The maximum absolute atomic E-state index is 13.8. The zero-order valence-corrected chi connectivity index (χ0v) is 12.6. The van der Waals surface area contributed by atoms with E-state index < -0.39 is 5.82 Å². The zero-order chi connectivity index (χ0) is 14.4. The van der Waals surface area contributed by atoms with Crippen molar-refractivity contribution >= 4 is 22.6 Å². The topological polar surface area (TPSA) is 27.1 Å². The molecule has 3 nitrogen and oxygen atoms in total. The normalized spacial score (nSPS) is 18.2. The molecule has 1 fully saturated rings. The van der Waals surface area contributed by atoms with Gasteiger partial charge in [-0.25, -0.2) is 9.37 Å². The van der Waals surface area contributed by atoms with Crippen LogP contribution in [-0.4, -0.2) is 16.7 Å². The number of aromatic nitrogens is 2. The third-order valence-electron chi connectivity index (χ3n) is 4.06. The number of hydrogen-bond acceptors (Lipinski definition) is 2. The van der Waals surface area contributed by atoms with Crippen LogP contribution in [0.25, 0.3) is 11.0 Å². The lowest BCUT2D eigenvalue weighted by atomic mass is 10.2. The zero-order valence-electron chi connectivity index (χ0n) is 11.9. The second kappa shape index (κ2) is 4.92. The van der Waals surface area contributed by atoms with E-state index >= 15 is 0 Å². The van der Waals surface area contributed by atoms with Crippen LogP contribution in [0.5, 0.6) is 5.75 Å². The highest BCUT2D eigenvalue weighted by Gasteiger charge is 2.32. The van der Waals surface area contributed by atoms with E-state index in [0.717, 1.165) is 11.3 Å². The largest absolute Gasteiger partial charge is 0.494 e. The summed E-state index contributed by atoms with van der Waals surface area (Å²) in [6, 6.07) is 3.47. The molecule has 1 saturated carbocycles. The lowest BCUT2D eigenvalue weighted by molar-refractivity contribution is 0.387. The summed E-state index contributed by atoms with van der Waals surface area (Å²) in [6.45, 7) is 4.07. The van der Waals surface area contributed by atoms with Crippen molar-refractivity contribution in [2.24, 2.45) is 5.92 Å². The average Bonchev–Trinajstić information content (AvgIpc) is 3.18. The fourth-order valence-corrected chi connectivity index (χ4v) is 2.92. The molecule has 3 rings (SSSR count). The molecule has 0 aliphatic heterocycles. The molecule has 0 saturated heterocycles. The molecule has 0 amide bonds. The van der Waals surface area contributed by atoms with E-state index in [9.17, 15) is 4.39 Å². The first-order valence-electron chi connectivity index (χ1n) is 6.92. The lowest BCUT2D eigenvalue weighted by Gasteiger charge is -2.18. The molecule has 1 aliphatic carbocycles. The van der Waals surface area contributed by atoms with Crippen LogP contribution >= 0.6 is 11.6 Å². The third kappa shape index (κ3) is 2.16. The van der Waals surface area contributed by atoms with Gasteiger partial charge in [0, 0.05) is 18.2 Å². The molecule has 20 heavy (non-hydrogen) atoms. The first-order chi connectivity index (χ1) is 9.52. The number of fused-ring (bicyclic) bond motifs is 1. The molecule has 1 heterocycles. The SMILES string of the molecule is COc1cc2c(cc1F)nc(C(C)Cl)n2C(C)C1CC1. The molecular weight excluding hydrogens is 279 g/mol. The predicted octanol–water partition coefficient (Wildman–Crippen LogP) is 4.45. The molecule has 0 radical (unpaired) electrons. The van der Waals surface area contributed by atoms with E-state index in [0.29, 0.717) is 17.5 Å². The Kier molecular flexibility index (Phi) is 3.36. The van der Waals surface area contributed by atoms with Gasteiger partial charge in [0.25, 0.3) is 0 Å². The van der Waals surface area contributed by atoms with Crippen molar-refractivity contribution in [3.63, 3.8) is 0 Å². The number of alkyl halides is 1. The predicted molar refractivity (Wildman–Crippen MR) is 77.9 cm³/mol. The number of rotatable bonds is 4. The van der Waals surface area contributed by atoms with Gasteiger partial charge in [-0.3, -0.25) is 0 Å². The molecule has 5 heteroatoms. The standard InChI is InChI=1S/C15H18ClFN2O/c1-8(16)15-18-12-6-11(17)14(20-3)7-13(12)19(15)9(2)10-4-5-10/h6-10H,4-5H2,1-3H3. The van der Waals surface area contributed by atoms with Gasteiger partial charge in [-0.05, 0) is 32.6 Å². The summed E-state index contributed by atoms with van der Waals surface area (Å²) in [6.07, 6.45) is 2.46. The van der Waals surface area contributed by atoms with Crippen molar-refractivity contribution in [3.8, 4) is 5.75 Å². The highest BCUT2D eigenvalue weighted by atomic mass is 35.5. The fraction of sp³-hybridized carbons (Fsp3) is 0.533. The molecule has 2 aromatic rings. The second-order valence-corrected chi connectivity index (χ2v) is 6.16. The molecule has 2 atom stereocenters. The van der Waals surface area contributed by atoms with Gasteiger partial charge in [-0.2, -0.15) is 0 Å². The second-order valence-electron chi connectivity index (χ2n) is 5.51. The van der Waals surface area contributed by atoms with Gasteiger partial charge in [-0.15, -0.1) is 11.6 Å². The first kappa shape index (κ1) is 13.7. The summed E-state index contributed by atoms with van der Waals surface area (Å²) < 4.78 is 21.1. The number of benzene rings is 1. The van der Waals surface area contributed by atoms with Crippen molar-refractivity contribution in [2.75, 3.05) is 7.11 Å². The van der Waals surface area contributed by atoms with Crippen LogP contribution in [0.2, 0.25) is 0 Å². The monoisotopic (exact) mass is 296 g/mol. The summed E-state index contributed by atoms with van der Waals surface area (Å²) in [5.41, 5.74) is 1.53. The first-order valence-corrected chi connectivity index (χ1v) is 7.36. The van der Waals surface area contributed by atoms with Crippen LogP contribution in [0.4, 0.5) is 4.39 Å². The molecule has 0 spiro atoms. The smallest absolute Gasteiger partial charge is 0.167 e. The lowest BCUT2D eigenvalue weighted by Crippen LogP contribution is -2.11. The van der Waals surface area contributed by atoms with E-state index in [-0.39, 0.29) is 11.1 Å². The minimum Gasteiger partial charge on any atom is -0.494 e. The number of methoxy groups -OCH3 is 1. The summed E-state index contributed by atoms with van der Waals surface area (Å²) >= 11 is 6.25. The van der Waals surface area contributed by atoms with Crippen LogP contribution in [0, 0.1) is 11.7 Å². The van der Waals surface area contributed by atoms with Crippen molar-refractivity contribution in [1.29, 1.82) is 0 Å². The van der Waals surface area contributed by atoms with Gasteiger partial charge in [0.2, 0.25) is 0 Å². The molecule has 108 valence electrons. The molecular formula is C15H18ClFN2O. The Morgan fingerprint density at radius 1 is 1.40 bits per heavy atom. The minimum absolute atomic E-state index is 0.211. The van der Waals surface area contributed by atoms with Gasteiger partial charge >= 0.3 is 0 Å². The number of hydrogen-bond donors (Lipinski definition) is 0. The maximum Gasteiger partial charge on any atom is 0.167 e. The molecule has 0 N–H and O–H groups in total. The van der Waals surface area contributed by atoms with Gasteiger partial charge in [0.15, 0.2) is 11.6 Å². The highest BCUT2D eigenvalue weighted by Crippen LogP contribution is 2.43. The van der Waals surface area contributed by atoms with Gasteiger partial charge in [-0.1, -0.05) is 0 Å². The van der Waals surface area contributed by atoms with Crippen molar-refractivity contribution in [3.05, 3.63) is 23.8 Å². The summed E-state index contributed by atoms with van der Waals surface area (Å²) in [7, 11) is 1.47. The summed E-state index contributed by atoms with van der Waals surface area (Å²) in [5, 5.41) is -0.211. The van der Waals surface area contributed by atoms with Crippen molar-refractivity contribution < 1.29 is 9.13 Å². The Morgan fingerprint density at radius 3 is 2.65 bits per heavy atom. The van der Waals surface area contributed by atoms with Crippen LogP contribution in [0.3, 0.4) is 0 Å². The summed E-state index contributed by atoms with van der Waals surface area (Å²) in [5.74, 6) is 1.32. The quantitative estimate of drug-likeness (QED) is 0.779. The highest BCUT2D eigenvalue weighted by molar-refractivity contribution is 6.20. The van der Waals surface area contributed by atoms with Gasteiger partial charge in [0.05, 0.1) is 23.5 Å². The minimum atomic E-state index is -0.391. The molecule has 0 bridgehead atoms. The van der Waals surface area contributed by atoms with Crippen LogP contribution in [0.15, 0.2) is 12.1 Å². The number of halogens is 2. The van der Waals surface area contributed by atoms with E-state index in [1.807, 2.05) is 6.92 Å². The van der Waals surface area contributed by atoms with Crippen LogP contribution in [0.1, 0.15) is 43.9 Å². The van der Waals surface area contributed by atoms with E-state index in [2.05, 4.69) is 16.5 Å². The molecule has 2 unspecified atom stereocenters. The van der Waals surface area contributed by atoms with Crippen LogP contribution in [-0.2, 0) is 0 Å². The van der Waals surface area contributed by atoms with Crippen LogP contribution < -0.4 is 4.74 Å². The van der Waals surface area contributed by atoms with E-state index in [1.54, 1.807) is 6.07 Å². The number of imidazole rings is 1. The third-order valence-corrected chi connectivity index (χ3v) is 4.25. The Balaban J connectivity index is 2.23. The molecule has 1 aromatic heterocycles. The van der Waals surface area contributed by atoms with Gasteiger partial charge in [0.1, 0.15) is 5.82 Å². The summed E-state index contributed by atoms with van der Waals surface area (Å²) in [4.78, 5) is 4.52. The average molecular weight is 297 g/mol. The van der Waals surface area contributed by atoms with Crippen molar-refractivity contribution in [2.45, 2.75) is 38.1 Å². The molecule has 1 aromatic carbocycles. The Hall–Kier alpha value is -1.29. The van der Waals surface area contributed by atoms with Crippen molar-refractivity contribution in [1.82, 2.24) is 9.55 Å². The number of ether oxygens (including phenoxy) is 1. The molecule has 1 aliphatic rings. The number of nitrogens with zero attached hydrogens (tertiary/aromatic N) is 2. The fourth-order valence-electron chi connectivity index (χ4n) is 2.77. The van der Waals surface area contributed by atoms with Gasteiger partial charge < -0.3 is 9.30 Å².